The monoisotopic (exact) mass is 261 g/mol. The van der Waals surface area contributed by atoms with Crippen LogP contribution in [0.4, 0.5) is 0 Å². The fourth-order valence-corrected chi connectivity index (χ4v) is 2.01. The number of likely N-dealkylation sites (N-methyl/N-ethyl adjacent to an activating group) is 1. The minimum atomic E-state index is -0.201. The van der Waals surface area contributed by atoms with Gasteiger partial charge in [-0.2, -0.15) is 0 Å². The van der Waals surface area contributed by atoms with Crippen molar-refractivity contribution in [3.8, 4) is 0 Å². The van der Waals surface area contributed by atoms with Gasteiger partial charge in [-0.3, -0.25) is 9.59 Å². The maximum atomic E-state index is 12.0. The highest BCUT2D eigenvalue weighted by Crippen LogP contribution is 2.16. The highest BCUT2D eigenvalue weighted by molar-refractivity contribution is 5.96. The number of benzene rings is 1. The minimum absolute atomic E-state index is 0.0402. The molecule has 2 rings (SSSR count). The summed E-state index contributed by atoms with van der Waals surface area (Å²) in [6, 6.07) is 5.65. The lowest BCUT2D eigenvalue weighted by Gasteiger charge is -2.14. The SMILES string of the molecule is CCN(C)C(=O)CNC(=O)c1ccc2c(c1)CNC2. The first-order valence-corrected chi connectivity index (χ1v) is 6.46. The summed E-state index contributed by atoms with van der Waals surface area (Å²) in [6.07, 6.45) is 0. The fraction of sp³-hybridized carbons (Fsp3) is 0.429. The maximum Gasteiger partial charge on any atom is 0.251 e. The van der Waals surface area contributed by atoms with Crippen molar-refractivity contribution < 1.29 is 9.59 Å². The number of nitrogens with one attached hydrogen (secondary N) is 2. The van der Waals surface area contributed by atoms with E-state index in [1.165, 1.54) is 5.56 Å². The van der Waals surface area contributed by atoms with E-state index in [4.69, 9.17) is 0 Å². The molecule has 0 fully saturated rings. The number of carbonyl (C=O) groups excluding carboxylic acids is 2. The molecule has 19 heavy (non-hydrogen) atoms. The first-order valence-electron chi connectivity index (χ1n) is 6.46. The summed E-state index contributed by atoms with van der Waals surface area (Å²) in [4.78, 5) is 25.1. The Bertz CT molecular complexity index is 499. The average molecular weight is 261 g/mol. The van der Waals surface area contributed by atoms with Gasteiger partial charge in [0.25, 0.3) is 5.91 Å². The quantitative estimate of drug-likeness (QED) is 0.829. The fourth-order valence-electron chi connectivity index (χ4n) is 2.01. The van der Waals surface area contributed by atoms with Crippen LogP contribution in [0.5, 0.6) is 0 Å². The van der Waals surface area contributed by atoms with E-state index in [0.717, 1.165) is 18.7 Å². The largest absolute Gasteiger partial charge is 0.345 e. The predicted molar refractivity (Wildman–Crippen MR) is 72.6 cm³/mol. The zero-order chi connectivity index (χ0) is 13.8. The van der Waals surface area contributed by atoms with Gasteiger partial charge in [0.05, 0.1) is 6.54 Å². The summed E-state index contributed by atoms with van der Waals surface area (Å²) in [7, 11) is 1.72. The predicted octanol–water partition coefficient (Wildman–Crippen LogP) is 0.498. The first kappa shape index (κ1) is 13.5. The van der Waals surface area contributed by atoms with Gasteiger partial charge in [-0.05, 0) is 30.2 Å². The van der Waals surface area contributed by atoms with Gasteiger partial charge < -0.3 is 15.5 Å². The first-order chi connectivity index (χ1) is 9.11. The van der Waals surface area contributed by atoms with Crippen LogP contribution in [0, 0.1) is 0 Å². The van der Waals surface area contributed by atoms with Crippen LogP contribution in [0.1, 0.15) is 28.4 Å². The second kappa shape index (κ2) is 5.84. The molecule has 0 aromatic heterocycles. The van der Waals surface area contributed by atoms with Crippen molar-refractivity contribution in [1.82, 2.24) is 15.5 Å². The number of amides is 2. The molecular formula is C14H19N3O2. The van der Waals surface area contributed by atoms with Crippen LogP contribution in [0.15, 0.2) is 18.2 Å². The molecule has 0 unspecified atom stereocenters. The molecule has 1 aromatic carbocycles. The molecule has 102 valence electrons. The lowest BCUT2D eigenvalue weighted by molar-refractivity contribution is -0.128. The molecular weight excluding hydrogens is 242 g/mol. The standard InChI is InChI=1S/C14H19N3O2/c1-3-17(2)13(18)9-16-14(19)10-4-5-11-7-15-8-12(11)6-10/h4-6,15H,3,7-9H2,1-2H3,(H,16,19). The van der Waals surface area contributed by atoms with Crippen molar-refractivity contribution in [2.24, 2.45) is 0 Å². The summed E-state index contributed by atoms with van der Waals surface area (Å²) in [5.74, 6) is -0.286. The van der Waals surface area contributed by atoms with E-state index in [0.29, 0.717) is 12.1 Å². The topological polar surface area (TPSA) is 61.4 Å². The molecule has 5 heteroatoms. The van der Waals surface area contributed by atoms with Gasteiger partial charge in [0.15, 0.2) is 0 Å². The summed E-state index contributed by atoms with van der Waals surface area (Å²) < 4.78 is 0. The molecule has 0 atom stereocenters. The summed E-state index contributed by atoms with van der Waals surface area (Å²) >= 11 is 0. The van der Waals surface area contributed by atoms with Crippen molar-refractivity contribution in [1.29, 1.82) is 0 Å². The molecule has 1 heterocycles. The number of hydrogen-bond donors (Lipinski definition) is 2. The van der Waals surface area contributed by atoms with E-state index in [1.54, 1.807) is 18.0 Å². The van der Waals surface area contributed by atoms with Crippen LogP contribution in [0.3, 0.4) is 0 Å². The van der Waals surface area contributed by atoms with Gasteiger partial charge in [0.2, 0.25) is 5.91 Å². The Labute approximate surface area is 113 Å². The second-order valence-corrected chi connectivity index (χ2v) is 4.68. The van der Waals surface area contributed by atoms with Crippen molar-refractivity contribution in [2.75, 3.05) is 20.1 Å². The van der Waals surface area contributed by atoms with E-state index in [9.17, 15) is 9.59 Å². The van der Waals surface area contributed by atoms with Crippen molar-refractivity contribution in [3.63, 3.8) is 0 Å². The van der Waals surface area contributed by atoms with E-state index < -0.39 is 0 Å². The van der Waals surface area contributed by atoms with E-state index >= 15 is 0 Å². The molecule has 0 aliphatic carbocycles. The molecule has 0 radical (unpaired) electrons. The molecule has 0 saturated heterocycles. The number of nitrogens with zero attached hydrogens (tertiary/aromatic N) is 1. The number of carbonyl (C=O) groups is 2. The molecule has 0 saturated carbocycles. The van der Waals surface area contributed by atoms with Crippen LogP contribution < -0.4 is 10.6 Å². The summed E-state index contributed by atoms with van der Waals surface area (Å²) in [5.41, 5.74) is 3.00. The van der Waals surface area contributed by atoms with Crippen LogP contribution in [0.25, 0.3) is 0 Å². The Morgan fingerprint density at radius 3 is 2.79 bits per heavy atom. The third-order valence-electron chi connectivity index (χ3n) is 3.40. The van der Waals surface area contributed by atoms with Crippen molar-refractivity contribution in [3.05, 3.63) is 34.9 Å². The zero-order valence-corrected chi connectivity index (χ0v) is 11.3. The third-order valence-corrected chi connectivity index (χ3v) is 3.40. The van der Waals surface area contributed by atoms with Gasteiger partial charge in [0, 0.05) is 32.2 Å². The summed E-state index contributed by atoms with van der Waals surface area (Å²) in [5, 5.41) is 5.89. The lowest BCUT2D eigenvalue weighted by Crippen LogP contribution is -2.38. The molecule has 1 aromatic rings. The van der Waals surface area contributed by atoms with Gasteiger partial charge >= 0.3 is 0 Å². The van der Waals surface area contributed by atoms with Crippen LogP contribution in [-0.2, 0) is 17.9 Å². The number of fused-ring (bicyclic) bond motifs is 1. The maximum absolute atomic E-state index is 12.0. The van der Waals surface area contributed by atoms with E-state index in [2.05, 4.69) is 10.6 Å². The molecule has 2 amide bonds. The minimum Gasteiger partial charge on any atom is -0.345 e. The van der Waals surface area contributed by atoms with Crippen molar-refractivity contribution in [2.45, 2.75) is 20.0 Å². The van der Waals surface area contributed by atoms with Crippen LogP contribution in [0.2, 0.25) is 0 Å². The Morgan fingerprint density at radius 2 is 2.05 bits per heavy atom. The molecule has 2 N–H and O–H groups in total. The molecule has 0 spiro atoms. The zero-order valence-electron chi connectivity index (χ0n) is 11.3. The van der Waals surface area contributed by atoms with Crippen LogP contribution in [-0.4, -0.2) is 36.9 Å². The Kier molecular flexibility index (Phi) is 4.16. The van der Waals surface area contributed by atoms with Crippen LogP contribution >= 0.6 is 0 Å². The van der Waals surface area contributed by atoms with Crippen molar-refractivity contribution >= 4 is 11.8 Å². The highest BCUT2D eigenvalue weighted by atomic mass is 16.2. The normalized spacial score (nSPS) is 12.9. The van der Waals surface area contributed by atoms with Gasteiger partial charge in [-0.1, -0.05) is 6.07 Å². The highest BCUT2D eigenvalue weighted by Gasteiger charge is 2.14. The third kappa shape index (κ3) is 3.12. The molecule has 0 bridgehead atoms. The average Bonchev–Trinajstić information content (AvgIpc) is 2.90. The van der Waals surface area contributed by atoms with E-state index in [1.807, 2.05) is 19.1 Å². The Hall–Kier alpha value is -1.88. The lowest BCUT2D eigenvalue weighted by atomic mass is 10.1. The Balaban J connectivity index is 1.95. The smallest absolute Gasteiger partial charge is 0.251 e. The molecule has 1 aliphatic heterocycles. The summed E-state index contributed by atoms with van der Waals surface area (Å²) in [6.45, 7) is 4.23. The number of hydrogen-bond acceptors (Lipinski definition) is 3. The Morgan fingerprint density at radius 1 is 1.32 bits per heavy atom. The molecule has 5 nitrogen and oxygen atoms in total. The second-order valence-electron chi connectivity index (χ2n) is 4.68. The van der Waals surface area contributed by atoms with E-state index in [-0.39, 0.29) is 18.4 Å². The van der Waals surface area contributed by atoms with Gasteiger partial charge in [-0.25, -0.2) is 0 Å². The van der Waals surface area contributed by atoms with Gasteiger partial charge in [-0.15, -0.1) is 0 Å². The molecule has 1 aliphatic rings. The van der Waals surface area contributed by atoms with Gasteiger partial charge in [0.1, 0.15) is 0 Å². The number of rotatable bonds is 4.